The van der Waals surface area contributed by atoms with Gasteiger partial charge < -0.3 is 10.6 Å². The number of aromatic nitrogens is 1. The Bertz CT molecular complexity index is 1160. The van der Waals surface area contributed by atoms with E-state index in [-0.39, 0.29) is 36.6 Å². The van der Waals surface area contributed by atoms with Gasteiger partial charge in [0.1, 0.15) is 11.8 Å². The average molecular weight is 494 g/mol. The van der Waals surface area contributed by atoms with E-state index >= 15 is 0 Å². The maximum atomic E-state index is 12.6. The fraction of sp³-hybridized carbons (Fsp3) is 0.444. The van der Waals surface area contributed by atoms with Crippen LogP contribution in [0.2, 0.25) is 0 Å². The maximum absolute atomic E-state index is 12.6. The smallest absolute Gasteiger partial charge is 0.258 e. The van der Waals surface area contributed by atoms with Crippen LogP contribution in [-0.2, 0) is 19.2 Å². The molecule has 0 aliphatic carbocycles. The van der Waals surface area contributed by atoms with E-state index in [1.807, 2.05) is 12.1 Å². The van der Waals surface area contributed by atoms with Gasteiger partial charge in [-0.15, -0.1) is 0 Å². The Balaban J connectivity index is 1.43. The first-order valence-corrected chi connectivity index (χ1v) is 12.4. The molecule has 2 aromatic rings. The SMILES string of the molecule is CC(=O)C1CCCN(C(=O)C(C)NC(=O)CNC(=O)C/C=C/c2ccc3ccc(C(C)C)cc3n2)N1. The number of hydrogen-bond acceptors (Lipinski definition) is 6. The number of fused-ring (bicyclic) bond motifs is 1. The number of amides is 3. The van der Waals surface area contributed by atoms with Crippen molar-refractivity contribution in [3.63, 3.8) is 0 Å². The number of pyridine rings is 1. The number of carbonyl (C=O) groups is 4. The Morgan fingerprint density at radius 2 is 1.89 bits per heavy atom. The molecule has 36 heavy (non-hydrogen) atoms. The molecule has 3 amide bonds. The predicted molar refractivity (Wildman–Crippen MR) is 139 cm³/mol. The van der Waals surface area contributed by atoms with E-state index < -0.39 is 11.9 Å². The van der Waals surface area contributed by atoms with Gasteiger partial charge in [-0.2, -0.15) is 0 Å². The molecule has 1 aromatic carbocycles. The summed E-state index contributed by atoms with van der Waals surface area (Å²) < 4.78 is 0. The monoisotopic (exact) mass is 493 g/mol. The van der Waals surface area contributed by atoms with Gasteiger partial charge in [0.15, 0.2) is 0 Å². The molecule has 192 valence electrons. The number of nitrogens with one attached hydrogen (secondary N) is 3. The summed E-state index contributed by atoms with van der Waals surface area (Å²) in [7, 11) is 0. The minimum atomic E-state index is -0.789. The van der Waals surface area contributed by atoms with Crippen LogP contribution in [0.3, 0.4) is 0 Å². The molecule has 3 N–H and O–H groups in total. The van der Waals surface area contributed by atoms with Gasteiger partial charge >= 0.3 is 0 Å². The van der Waals surface area contributed by atoms with Crippen LogP contribution in [0, 0.1) is 0 Å². The number of Topliss-reactive ketones (excluding diaryl/α,β-unsaturated/α-hetero) is 1. The normalized spacial score (nSPS) is 16.8. The Hall–Kier alpha value is -3.59. The van der Waals surface area contributed by atoms with E-state index in [1.165, 1.54) is 17.5 Å². The van der Waals surface area contributed by atoms with Crippen LogP contribution in [0.4, 0.5) is 0 Å². The van der Waals surface area contributed by atoms with Crippen LogP contribution in [-0.4, -0.2) is 58.7 Å². The number of carbonyl (C=O) groups excluding carboxylic acids is 4. The highest BCUT2D eigenvalue weighted by Crippen LogP contribution is 2.20. The number of hydrazine groups is 1. The molecular weight excluding hydrogens is 458 g/mol. The lowest BCUT2D eigenvalue weighted by molar-refractivity contribution is -0.142. The summed E-state index contributed by atoms with van der Waals surface area (Å²) in [6.07, 6.45) is 4.96. The van der Waals surface area contributed by atoms with Gasteiger partial charge in [-0.1, -0.05) is 38.1 Å². The molecule has 1 aliphatic heterocycles. The van der Waals surface area contributed by atoms with Crippen molar-refractivity contribution in [2.45, 2.75) is 65.0 Å². The predicted octanol–water partition coefficient (Wildman–Crippen LogP) is 2.47. The Labute approximate surface area is 211 Å². The summed E-state index contributed by atoms with van der Waals surface area (Å²) in [5, 5.41) is 7.59. The Morgan fingerprint density at radius 1 is 1.14 bits per heavy atom. The summed E-state index contributed by atoms with van der Waals surface area (Å²) in [4.78, 5) is 53.2. The topological polar surface area (TPSA) is 121 Å². The third kappa shape index (κ3) is 7.45. The molecule has 9 heteroatoms. The lowest BCUT2D eigenvalue weighted by Crippen LogP contribution is -2.59. The van der Waals surface area contributed by atoms with Crippen LogP contribution >= 0.6 is 0 Å². The molecule has 2 atom stereocenters. The van der Waals surface area contributed by atoms with Crippen molar-refractivity contribution in [2.75, 3.05) is 13.1 Å². The van der Waals surface area contributed by atoms with Crippen LogP contribution in [0.25, 0.3) is 17.0 Å². The number of hydrogen-bond donors (Lipinski definition) is 3. The molecule has 0 bridgehead atoms. The number of ketones is 1. The lowest BCUT2D eigenvalue weighted by Gasteiger charge is -2.34. The first kappa shape index (κ1) is 27.0. The molecule has 9 nitrogen and oxygen atoms in total. The van der Waals surface area contributed by atoms with Crippen molar-refractivity contribution in [2.24, 2.45) is 0 Å². The number of nitrogens with zero attached hydrogens (tertiary/aromatic N) is 2. The third-order valence-electron chi connectivity index (χ3n) is 6.13. The number of benzene rings is 1. The zero-order chi connectivity index (χ0) is 26.2. The Kier molecular flexibility index (Phi) is 9.30. The zero-order valence-corrected chi connectivity index (χ0v) is 21.3. The van der Waals surface area contributed by atoms with E-state index in [4.69, 9.17) is 0 Å². The van der Waals surface area contributed by atoms with Crippen LogP contribution in [0.1, 0.15) is 64.1 Å². The van der Waals surface area contributed by atoms with Crippen molar-refractivity contribution >= 4 is 40.5 Å². The standard InChI is InChI=1S/C27H35N5O4/c1-17(2)21-11-10-20-12-13-22(30-24(20)15-21)7-5-9-25(34)28-16-26(35)29-18(3)27(36)32-14-6-8-23(31-32)19(4)33/h5,7,10-13,15,17-18,23,31H,6,8-9,14,16H2,1-4H3,(H,28,34)(H,29,35)/b7-5+. The molecule has 0 spiro atoms. The second kappa shape index (κ2) is 12.4. The molecule has 1 fully saturated rings. The summed E-state index contributed by atoms with van der Waals surface area (Å²) >= 11 is 0. The van der Waals surface area contributed by atoms with E-state index in [2.05, 4.69) is 53.1 Å². The fourth-order valence-electron chi connectivity index (χ4n) is 3.97. The van der Waals surface area contributed by atoms with E-state index in [0.29, 0.717) is 25.3 Å². The highest BCUT2D eigenvalue weighted by molar-refractivity contribution is 5.90. The van der Waals surface area contributed by atoms with Crippen molar-refractivity contribution in [3.8, 4) is 0 Å². The van der Waals surface area contributed by atoms with Crippen molar-refractivity contribution in [3.05, 3.63) is 47.7 Å². The van der Waals surface area contributed by atoms with Crippen LogP contribution in [0.5, 0.6) is 0 Å². The van der Waals surface area contributed by atoms with E-state index in [1.54, 1.807) is 19.1 Å². The van der Waals surface area contributed by atoms with Crippen molar-refractivity contribution in [1.82, 2.24) is 26.1 Å². The van der Waals surface area contributed by atoms with E-state index in [9.17, 15) is 19.2 Å². The van der Waals surface area contributed by atoms with Gasteiger partial charge in [0.05, 0.1) is 23.8 Å². The summed E-state index contributed by atoms with van der Waals surface area (Å²) in [6, 6.07) is 8.96. The van der Waals surface area contributed by atoms with Gasteiger partial charge in [0, 0.05) is 18.4 Å². The van der Waals surface area contributed by atoms with Gasteiger partial charge in [0.2, 0.25) is 11.8 Å². The molecule has 1 aliphatic rings. The molecule has 2 heterocycles. The first-order chi connectivity index (χ1) is 17.1. The molecule has 1 aromatic heterocycles. The third-order valence-corrected chi connectivity index (χ3v) is 6.13. The maximum Gasteiger partial charge on any atom is 0.258 e. The van der Waals surface area contributed by atoms with Gasteiger partial charge in [-0.3, -0.25) is 24.2 Å². The second-order valence-electron chi connectivity index (χ2n) is 9.44. The average Bonchev–Trinajstić information content (AvgIpc) is 2.86. The molecule has 0 saturated carbocycles. The highest BCUT2D eigenvalue weighted by atomic mass is 16.2. The van der Waals surface area contributed by atoms with Gasteiger partial charge in [-0.05, 0) is 56.4 Å². The summed E-state index contributed by atoms with van der Waals surface area (Å²) in [5.41, 5.74) is 5.79. The minimum Gasteiger partial charge on any atom is -0.347 e. The molecular formula is C27H35N5O4. The Morgan fingerprint density at radius 3 is 2.61 bits per heavy atom. The van der Waals surface area contributed by atoms with Crippen LogP contribution in [0.15, 0.2) is 36.4 Å². The minimum absolute atomic E-state index is 0.0300. The summed E-state index contributed by atoms with van der Waals surface area (Å²) in [5.74, 6) is -0.724. The molecule has 2 unspecified atom stereocenters. The fourth-order valence-corrected chi connectivity index (χ4v) is 3.97. The molecule has 0 radical (unpaired) electrons. The zero-order valence-electron chi connectivity index (χ0n) is 21.3. The van der Waals surface area contributed by atoms with Gasteiger partial charge in [0.25, 0.3) is 5.91 Å². The van der Waals surface area contributed by atoms with Crippen molar-refractivity contribution in [1.29, 1.82) is 0 Å². The number of rotatable bonds is 9. The lowest BCUT2D eigenvalue weighted by atomic mass is 10.0. The second-order valence-corrected chi connectivity index (χ2v) is 9.44. The summed E-state index contributed by atoms with van der Waals surface area (Å²) in [6.45, 7) is 7.56. The van der Waals surface area contributed by atoms with Crippen LogP contribution < -0.4 is 16.1 Å². The largest absolute Gasteiger partial charge is 0.347 e. The first-order valence-electron chi connectivity index (χ1n) is 12.4. The highest BCUT2D eigenvalue weighted by Gasteiger charge is 2.29. The molecule has 3 rings (SSSR count). The molecule has 1 saturated heterocycles. The van der Waals surface area contributed by atoms with E-state index in [0.717, 1.165) is 16.6 Å². The quantitative estimate of drug-likeness (QED) is 0.494. The van der Waals surface area contributed by atoms with Crippen molar-refractivity contribution < 1.29 is 19.2 Å². The van der Waals surface area contributed by atoms with Gasteiger partial charge in [-0.25, -0.2) is 10.4 Å².